The molecule has 19 heavy (non-hydrogen) atoms. The molecule has 3 rings (SSSR count). The van der Waals surface area contributed by atoms with Crippen LogP contribution >= 0.6 is 0 Å². The van der Waals surface area contributed by atoms with Gasteiger partial charge in [0.15, 0.2) is 0 Å². The fourth-order valence-corrected chi connectivity index (χ4v) is 2.33. The van der Waals surface area contributed by atoms with Crippen molar-refractivity contribution in [2.24, 2.45) is 0 Å². The van der Waals surface area contributed by atoms with E-state index in [4.69, 9.17) is 0 Å². The van der Waals surface area contributed by atoms with Gasteiger partial charge in [0.1, 0.15) is 0 Å². The summed E-state index contributed by atoms with van der Waals surface area (Å²) in [6, 6.07) is 14.2. The third-order valence-corrected chi connectivity index (χ3v) is 3.30. The van der Waals surface area contributed by atoms with Crippen molar-refractivity contribution in [1.29, 1.82) is 0 Å². The smallest absolute Gasteiger partial charge is 0.0682 e. The molecule has 2 heterocycles. The Balaban J connectivity index is 2.00. The summed E-state index contributed by atoms with van der Waals surface area (Å²) in [5.41, 5.74) is 4.15. The summed E-state index contributed by atoms with van der Waals surface area (Å²) < 4.78 is 2.16. The molecule has 0 aliphatic rings. The highest BCUT2D eigenvalue weighted by Crippen LogP contribution is 2.19. The molecular formula is C16H16N2O. The van der Waals surface area contributed by atoms with Crippen molar-refractivity contribution >= 4 is 10.9 Å². The van der Waals surface area contributed by atoms with Crippen molar-refractivity contribution in [1.82, 2.24) is 9.55 Å². The summed E-state index contributed by atoms with van der Waals surface area (Å²) in [7, 11) is 0. The van der Waals surface area contributed by atoms with Gasteiger partial charge in [0.2, 0.25) is 0 Å². The molecule has 3 nitrogen and oxygen atoms in total. The normalized spacial score (nSPS) is 11.1. The summed E-state index contributed by atoms with van der Waals surface area (Å²) in [6.45, 7) is 2.82. The van der Waals surface area contributed by atoms with Crippen molar-refractivity contribution in [3.63, 3.8) is 0 Å². The lowest BCUT2D eigenvalue weighted by Crippen LogP contribution is -2.01. The second-order valence-electron chi connectivity index (χ2n) is 4.77. The van der Waals surface area contributed by atoms with Crippen LogP contribution in [0, 0.1) is 6.92 Å². The van der Waals surface area contributed by atoms with Gasteiger partial charge in [0, 0.05) is 17.4 Å². The van der Waals surface area contributed by atoms with E-state index in [-0.39, 0.29) is 6.61 Å². The van der Waals surface area contributed by atoms with E-state index in [1.165, 1.54) is 5.39 Å². The molecule has 0 saturated carbocycles. The van der Waals surface area contributed by atoms with Crippen LogP contribution in [0.2, 0.25) is 0 Å². The zero-order valence-corrected chi connectivity index (χ0v) is 10.9. The highest BCUT2D eigenvalue weighted by atomic mass is 16.3. The first-order valence-electron chi connectivity index (χ1n) is 6.37. The average Bonchev–Trinajstić information content (AvgIpc) is 2.81. The Bertz CT molecular complexity index is 716. The molecule has 3 heteroatoms. The third kappa shape index (κ3) is 2.37. The number of pyridine rings is 1. The minimum absolute atomic E-state index is 0.0732. The largest absolute Gasteiger partial charge is 0.392 e. The number of aromatic nitrogens is 2. The Morgan fingerprint density at radius 3 is 2.84 bits per heavy atom. The topological polar surface area (TPSA) is 38.0 Å². The summed E-state index contributed by atoms with van der Waals surface area (Å²) in [4.78, 5) is 4.53. The van der Waals surface area contributed by atoms with E-state index in [1.807, 2.05) is 43.3 Å². The number of nitrogens with zero attached hydrogens (tertiary/aromatic N) is 2. The predicted molar refractivity (Wildman–Crippen MR) is 75.9 cm³/mol. The van der Waals surface area contributed by atoms with Crippen LogP contribution < -0.4 is 0 Å². The maximum atomic E-state index is 9.23. The Morgan fingerprint density at radius 2 is 2.05 bits per heavy atom. The Labute approximate surface area is 112 Å². The van der Waals surface area contributed by atoms with Gasteiger partial charge in [-0.05, 0) is 42.1 Å². The van der Waals surface area contributed by atoms with E-state index in [9.17, 15) is 5.11 Å². The summed E-state index contributed by atoms with van der Waals surface area (Å²) in [5.74, 6) is 0. The van der Waals surface area contributed by atoms with Crippen molar-refractivity contribution < 1.29 is 5.11 Å². The molecule has 0 spiro atoms. The lowest BCUT2D eigenvalue weighted by atomic mass is 10.2. The van der Waals surface area contributed by atoms with Crippen LogP contribution in [-0.4, -0.2) is 14.7 Å². The van der Waals surface area contributed by atoms with E-state index in [2.05, 4.69) is 21.8 Å². The molecule has 96 valence electrons. The van der Waals surface area contributed by atoms with Crippen LogP contribution in [0.1, 0.15) is 17.0 Å². The minimum atomic E-state index is 0.0732. The molecule has 0 radical (unpaired) electrons. The van der Waals surface area contributed by atoms with E-state index in [1.54, 1.807) is 0 Å². The molecule has 0 atom stereocenters. The molecule has 0 fully saturated rings. The lowest BCUT2D eigenvalue weighted by molar-refractivity contribution is 0.282. The number of rotatable bonds is 3. The van der Waals surface area contributed by atoms with Gasteiger partial charge in [-0.25, -0.2) is 0 Å². The second-order valence-corrected chi connectivity index (χ2v) is 4.77. The van der Waals surface area contributed by atoms with E-state index in [0.717, 1.165) is 29.0 Å². The Morgan fingerprint density at radius 1 is 1.16 bits per heavy atom. The van der Waals surface area contributed by atoms with Gasteiger partial charge in [-0.3, -0.25) is 4.98 Å². The molecule has 0 amide bonds. The van der Waals surface area contributed by atoms with Gasteiger partial charge in [-0.15, -0.1) is 0 Å². The minimum Gasteiger partial charge on any atom is -0.392 e. The average molecular weight is 252 g/mol. The zero-order valence-electron chi connectivity index (χ0n) is 10.9. The highest BCUT2D eigenvalue weighted by molar-refractivity contribution is 5.80. The van der Waals surface area contributed by atoms with Gasteiger partial charge in [0.25, 0.3) is 0 Å². The van der Waals surface area contributed by atoms with Crippen LogP contribution in [0.3, 0.4) is 0 Å². The van der Waals surface area contributed by atoms with Gasteiger partial charge < -0.3 is 9.67 Å². The number of fused-ring (bicyclic) bond motifs is 1. The third-order valence-electron chi connectivity index (χ3n) is 3.30. The van der Waals surface area contributed by atoms with Crippen molar-refractivity contribution in [2.45, 2.75) is 20.1 Å². The number of aryl methyl sites for hydroxylation is 1. The molecule has 0 bridgehead atoms. The van der Waals surface area contributed by atoms with Gasteiger partial charge in [-0.1, -0.05) is 18.2 Å². The first kappa shape index (κ1) is 11.9. The zero-order chi connectivity index (χ0) is 13.2. The number of benzene rings is 1. The molecule has 1 aromatic carbocycles. The number of hydrogen-bond donors (Lipinski definition) is 1. The molecule has 1 N–H and O–H groups in total. The summed E-state index contributed by atoms with van der Waals surface area (Å²) in [6.07, 6.45) is 2.07. The molecule has 0 unspecified atom stereocenters. The Kier molecular flexibility index (Phi) is 3.05. The van der Waals surface area contributed by atoms with Crippen LogP contribution in [-0.2, 0) is 13.2 Å². The van der Waals surface area contributed by atoms with Gasteiger partial charge in [0.05, 0.1) is 18.8 Å². The second kappa shape index (κ2) is 4.86. The van der Waals surface area contributed by atoms with Gasteiger partial charge >= 0.3 is 0 Å². The SMILES string of the molecule is Cc1cccc(Cn2ccc3ccc(CO)cc32)n1. The van der Waals surface area contributed by atoms with Crippen LogP contribution in [0.4, 0.5) is 0 Å². The molecule has 0 saturated heterocycles. The Hall–Kier alpha value is -2.13. The summed E-state index contributed by atoms with van der Waals surface area (Å²) >= 11 is 0. The van der Waals surface area contributed by atoms with Crippen molar-refractivity contribution in [3.05, 3.63) is 65.6 Å². The van der Waals surface area contributed by atoms with Gasteiger partial charge in [-0.2, -0.15) is 0 Å². The van der Waals surface area contributed by atoms with Crippen LogP contribution in [0.15, 0.2) is 48.7 Å². The number of aliphatic hydroxyl groups is 1. The quantitative estimate of drug-likeness (QED) is 0.778. The molecule has 3 aromatic rings. The first-order valence-corrected chi connectivity index (χ1v) is 6.37. The predicted octanol–water partition coefficient (Wildman–Crippen LogP) is 2.89. The molecule has 2 aromatic heterocycles. The first-order chi connectivity index (χ1) is 9.26. The standard InChI is InChI=1S/C16H16N2O/c1-12-3-2-4-15(17-12)10-18-8-7-14-6-5-13(11-19)9-16(14)18/h2-9,19H,10-11H2,1H3. The fourth-order valence-electron chi connectivity index (χ4n) is 2.33. The maximum Gasteiger partial charge on any atom is 0.0682 e. The van der Waals surface area contributed by atoms with E-state index < -0.39 is 0 Å². The number of aliphatic hydroxyl groups excluding tert-OH is 1. The molecular weight excluding hydrogens is 236 g/mol. The van der Waals surface area contributed by atoms with E-state index >= 15 is 0 Å². The summed E-state index contributed by atoms with van der Waals surface area (Å²) in [5, 5.41) is 10.4. The maximum absolute atomic E-state index is 9.23. The lowest BCUT2D eigenvalue weighted by Gasteiger charge is -2.06. The molecule has 0 aliphatic heterocycles. The van der Waals surface area contributed by atoms with E-state index in [0.29, 0.717) is 0 Å². The van der Waals surface area contributed by atoms with Crippen LogP contribution in [0.5, 0.6) is 0 Å². The van der Waals surface area contributed by atoms with Crippen molar-refractivity contribution in [2.75, 3.05) is 0 Å². The van der Waals surface area contributed by atoms with Crippen LogP contribution in [0.25, 0.3) is 10.9 Å². The fraction of sp³-hybridized carbons (Fsp3) is 0.188. The monoisotopic (exact) mass is 252 g/mol. The highest BCUT2D eigenvalue weighted by Gasteiger charge is 2.04. The number of hydrogen-bond acceptors (Lipinski definition) is 2. The molecule has 0 aliphatic carbocycles. The van der Waals surface area contributed by atoms with Crippen molar-refractivity contribution in [3.8, 4) is 0 Å².